The van der Waals surface area contributed by atoms with Gasteiger partial charge in [-0.05, 0) is 33.6 Å². The summed E-state index contributed by atoms with van der Waals surface area (Å²) in [5, 5.41) is 0. The summed E-state index contributed by atoms with van der Waals surface area (Å²) < 4.78 is 16.9. The van der Waals surface area contributed by atoms with Crippen molar-refractivity contribution in [2.24, 2.45) is 11.1 Å². The van der Waals surface area contributed by atoms with Crippen molar-refractivity contribution in [2.45, 2.75) is 50.4 Å². The predicted octanol–water partition coefficient (Wildman–Crippen LogP) is 0.605. The van der Waals surface area contributed by atoms with Gasteiger partial charge in [0.05, 0.1) is 18.8 Å². The van der Waals surface area contributed by atoms with Gasteiger partial charge in [-0.15, -0.1) is 0 Å². The van der Waals surface area contributed by atoms with Crippen LogP contribution in [0.1, 0.15) is 33.6 Å². The normalized spacial score (nSPS) is 40.2. The van der Waals surface area contributed by atoms with E-state index >= 15 is 0 Å². The Balaban J connectivity index is 1.85. The van der Waals surface area contributed by atoms with Crippen LogP contribution in [-0.2, 0) is 19.0 Å². The van der Waals surface area contributed by atoms with Crippen LogP contribution in [-0.4, -0.2) is 42.5 Å². The zero-order valence-corrected chi connectivity index (χ0v) is 11.2. The highest BCUT2D eigenvalue weighted by Gasteiger charge is 2.80. The molecule has 3 saturated heterocycles. The van der Waals surface area contributed by atoms with Gasteiger partial charge < -0.3 is 19.9 Å². The fraction of sp³-hybridized carbons (Fsp3) is 0.923. The minimum Gasteiger partial charge on any atom is -0.459 e. The molecular weight excluding hydrogens is 234 g/mol. The second-order valence-electron chi connectivity index (χ2n) is 6.91. The molecule has 3 heterocycles. The third-order valence-corrected chi connectivity index (χ3v) is 4.36. The van der Waals surface area contributed by atoms with E-state index in [0.717, 1.165) is 0 Å². The maximum atomic E-state index is 12.5. The summed E-state index contributed by atoms with van der Waals surface area (Å²) in [5.74, 6) is -0.153. The average molecular weight is 255 g/mol. The topological polar surface area (TPSA) is 70.8 Å². The molecule has 18 heavy (non-hydrogen) atoms. The van der Waals surface area contributed by atoms with Gasteiger partial charge in [-0.1, -0.05) is 0 Å². The van der Waals surface area contributed by atoms with Crippen LogP contribution in [0.25, 0.3) is 0 Å². The second-order valence-corrected chi connectivity index (χ2v) is 6.91. The number of carbonyl (C=O) groups excluding carboxylic acids is 1. The van der Waals surface area contributed by atoms with Gasteiger partial charge in [0.15, 0.2) is 0 Å². The molecule has 0 aromatic heterocycles. The molecule has 5 heteroatoms. The van der Waals surface area contributed by atoms with Crippen molar-refractivity contribution in [3.05, 3.63) is 0 Å². The maximum Gasteiger partial charge on any atom is 0.315 e. The molecule has 0 atom stereocenters. The van der Waals surface area contributed by atoms with Gasteiger partial charge in [0, 0.05) is 6.54 Å². The summed E-state index contributed by atoms with van der Waals surface area (Å²) in [4.78, 5) is 12.5. The van der Waals surface area contributed by atoms with E-state index in [-0.39, 0.29) is 11.6 Å². The molecule has 3 aliphatic heterocycles. The molecule has 0 amide bonds. The average Bonchev–Trinajstić information content (AvgIpc) is 2.59. The van der Waals surface area contributed by atoms with Crippen LogP contribution in [0, 0.1) is 5.41 Å². The first-order valence-electron chi connectivity index (χ1n) is 6.48. The Morgan fingerprint density at radius 3 is 2.33 bits per heavy atom. The number of ether oxygens (including phenoxy) is 3. The van der Waals surface area contributed by atoms with Crippen molar-refractivity contribution >= 4 is 5.97 Å². The molecule has 4 rings (SSSR count). The molecule has 0 aromatic carbocycles. The molecule has 5 nitrogen and oxygen atoms in total. The molecule has 1 saturated carbocycles. The van der Waals surface area contributed by atoms with Crippen molar-refractivity contribution in [1.82, 2.24) is 0 Å². The Kier molecular flexibility index (Phi) is 2.25. The summed E-state index contributed by atoms with van der Waals surface area (Å²) in [5.41, 5.74) is 3.98. The number of rotatable bonds is 2. The molecule has 0 aromatic rings. The first-order chi connectivity index (χ1) is 8.27. The number of hydrogen-bond donors (Lipinski definition) is 1. The van der Waals surface area contributed by atoms with Crippen molar-refractivity contribution in [1.29, 1.82) is 0 Å². The molecule has 102 valence electrons. The monoisotopic (exact) mass is 255 g/mol. The zero-order chi connectivity index (χ0) is 13.2. The lowest BCUT2D eigenvalue weighted by atomic mass is 9.55. The summed E-state index contributed by atoms with van der Waals surface area (Å²) in [6.07, 6.45) is 1.35. The van der Waals surface area contributed by atoms with Gasteiger partial charge in [0.25, 0.3) is 0 Å². The lowest BCUT2D eigenvalue weighted by molar-refractivity contribution is -0.224. The van der Waals surface area contributed by atoms with Crippen molar-refractivity contribution in [3.63, 3.8) is 0 Å². The highest BCUT2D eigenvalue weighted by molar-refractivity contribution is 5.82. The lowest BCUT2D eigenvalue weighted by Crippen LogP contribution is -2.64. The van der Waals surface area contributed by atoms with Crippen LogP contribution in [0.2, 0.25) is 0 Å². The van der Waals surface area contributed by atoms with Gasteiger partial charge in [-0.2, -0.15) is 0 Å². The molecule has 4 fully saturated rings. The van der Waals surface area contributed by atoms with Crippen LogP contribution in [0.4, 0.5) is 0 Å². The van der Waals surface area contributed by atoms with E-state index in [1.54, 1.807) is 0 Å². The van der Waals surface area contributed by atoms with Crippen LogP contribution in [0.3, 0.4) is 0 Å². The lowest BCUT2D eigenvalue weighted by Gasteiger charge is -2.49. The van der Waals surface area contributed by atoms with Crippen molar-refractivity contribution in [3.8, 4) is 0 Å². The van der Waals surface area contributed by atoms with Crippen LogP contribution >= 0.6 is 0 Å². The molecule has 1 aliphatic carbocycles. The summed E-state index contributed by atoms with van der Waals surface area (Å²) >= 11 is 0. The fourth-order valence-corrected chi connectivity index (χ4v) is 3.47. The van der Waals surface area contributed by atoms with E-state index in [1.807, 2.05) is 20.8 Å². The Morgan fingerprint density at radius 2 is 1.94 bits per heavy atom. The number of hydrogen-bond acceptors (Lipinski definition) is 5. The Hall–Kier alpha value is -0.650. The summed E-state index contributed by atoms with van der Waals surface area (Å²) in [6, 6.07) is 0. The quantitative estimate of drug-likeness (QED) is 0.732. The first kappa shape index (κ1) is 12.4. The van der Waals surface area contributed by atoms with Gasteiger partial charge in [0.1, 0.15) is 16.6 Å². The Morgan fingerprint density at radius 1 is 1.33 bits per heavy atom. The minimum atomic E-state index is -0.530. The van der Waals surface area contributed by atoms with Gasteiger partial charge in [-0.3, -0.25) is 4.79 Å². The van der Waals surface area contributed by atoms with E-state index in [0.29, 0.717) is 32.6 Å². The molecule has 0 radical (unpaired) electrons. The molecule has 4 aliphatic rings. The van der Waals surface area contributed by atoms with Crippen molar-refractivity contribution < 1.29 is 19.0 Å². The highest BCUT2D eigenvalue weighted by Crippen LogP contribution is 2.68. The minimum absolute atomic E-state index is 0.153. The summed E-state index contributed by atoms with van der Waals surface area (Å²) in [7, 11) is 0. The second kappa shape index (κ2) is 3.26. The molecular formula is C13H21NO4. The Labute approximate surface area is 107 Å². The predicted molar refractivity (Wildman–Crippen MR) is 63.9 cm³/mol. The molecule has 1 spiro atoms. The van der Waals surface area contributed by atoms with Crippen LogP contribution < -0.4 is 5.73 Å². The molecule has 2 bridgehead atoms. The van der Waals surface area contributed by atoms with Crippen molar-refractivity contribution in [2.75, 3.05) is 19.8 Å². The van der Waals surface area contributed by atoms with Gasteiger partial charge >= 0.3 is 5.97 Å². The van der Waals surface area contributed by atoms with E-state index < -0.39 is 16.6 Å². The maximum absolute atomic E-state index is 12.5. The SMILES string of the molecule is CC(C)(C)OC(=O)C12CC(CN)(C1)OC21COC1. The standard InChI is InChI=1S/C13H21NO4/c1-10(2,3)17-9(15)12-4-11(5-12,6-14)18-13(12)7-16-8-13/h4-8,14H2,1-3H3. The zero-order valence-electron chi connectivity index (χ0n) is 11.2. The number of carbonyl (C=O) groups is 1. The van der Waals surface area contributed by atoms with Crippen LogP contribution in [0.5, 0.6) is 0 Å². The summed E-state index contributed by atoms with van der Waals surface area (Å²) in [6.45, 7) is 7.07. The fourth-order valence-electron chi connectivity index (χ4n) is 3.47. The third-order valence-electron chi connectivity index (χ3n) is 4.36. The largest absolute Gasteiger partial charge is 0.459 e. The van der Waals surface area contributed by atoms with Gasteiger partial charge in [-0.25, -0.2) is 0 Å². The highest BCUT2D eigenvalue weighted by atomic mass is 16.6. The van der Waals surface area contributed by atoms with Gasteiger partial charge in [0.2, 0.25) is 0 Å². The van der Waals surface area contributed by atoms with E-state index in [2.05, 4.69) is 0 Å². The number of esters is 1. The first-order valence-corrected chi connectivity index (χ1v) is 6.48. The smallest absolute Gasteiger partial charge is 0.315 e. The molecule has 0 unspecified atom stereocenters. The Bertz CT molecular complexity index is 388. The van der Waals surface area contributed by atoms with E-state index in [1.165, 1.54) is 0 Å². The molecule has 2 N–H and O–H groups in total. The van der Waals surface area contributed by atoms with Crippen LogP contribution in [0.15, 0.2) is 0 Å². The number of nitrogens with two attached hydrogens (primary N) is 1. The van der Waals surface area contributed by atoms with E-state index in [9.17, 15) is 4.79 Å². The van der Waals surface area contributed by atoms with E-state index in [4.69, 9.17) is 19.9 Å². The third kappa shape index (κ3) is 1.35.